The molecule has 0 heterocycles. The number of halogens is 4. The second kappa shape index (κ2) is 14.9. The standard InChI is InChI=1S/C33H30Cl4O11/c1-14-10-20-23(29(39)44-2)27(26(32(42)47-5)33(43,24(14)30(40)45-3)25(20)31(41)46-4)48-28(38)19(18-9-8-17(35)13-22(18)37)11-15-6-7-16(34)12-21(15)36/h6-9,11-14,20,24-26,43H,10H2,1-5H3. The van der Waals surface area contributed by atoms with Crippen molar-refractivity contribution in [2.75, 3.05) is 28.4 Å². The molecule has 1 fully saturated rings. The lowest BCUT2D eigenvalue weighted by molar-refractivity contribution is -0.212. The van der Waals surface area contributed by atoms with Gasteiger partial charge in [0.1, 0.15) is 17.3 Å². The Bertz CT molecular complexity index is 1740. The minimum Gasteiger partial charge on any atom is -0.469 e. The van der Waals surface area contributed by atoms with Gasteiger partial charge in [-0.2, -0.15) is 0 Å². The second-order valence-corrected chi connectivity index (χ2v) is 12.9. The molecule has 0 amide bonds. The number of rotatable bonds is 8. The van der Waals surface area contributed by atoms with Crippen LogP contribution >= 0.6 is 46.4 Å². The van der Waals surface area contributed by atoms with Gasteiger partial charge in [0, 0.05) is 26.5 Å². The van der Waals surface area contributed by atoms with Crippen LogP contribution in [0, 0.1) is 29.6 Å². The number of hydrogen-bond acceptors (Lipinski definition) is 11. The number of carbonyl (C=O) groups excluding carboxylic acids is 5. The summed E-state index contributed by atoms with van der Waals surface area (Å²) in [4.78, 5) is 68.2. The van der Waals surface area contributed by atoms with Crippen LogP contribution in [0.3, 0.4) is 0 Å². The van der Waals surface area contributed by atoms with Gasteiger partial charge in [-0.25, -0.2) is 9.59 Å². The van der Waals surface area contributed by atoms with E-state index in [-0.39, 0.29) is 32.6 Å². The largest absolute Gasteiger partial charge is 0.469 e. The highest BCUT2D eigenvalue weighted by atomic mass is 35.5. The van der Waals surface area contributed by atoms with E-state index in [9.17, 15) is 29.1 Å². The van der Waals surface area contributed by atoms with Crippen LogP contribution in [0.5, 0.6) is 0 Å². The minimum atomic E-state index is -2.68. The van der Waals surface area contributed by atoms with Crippen LogP contribution in [0.15, 0.2) is 47.7 Å². The minimum absolute atomic E-state index is 0.0203. The molecule has 6 unspecified atom stereocenters. The molecule has 1 N–H and O–H groups in total. The van der Waals surface area contributed by atoms with Crippen molar-refractivity contribution in [3.8, 4) is 0 Å². The lowest BCUT2D eigenvalue weighted by Gasteiger charge is -2.55. The zero-order chi connectivity index (χ0) is 35.7. The van der Waals surface area contributed by atoms with Crippen molar-refractivity contribution in [2.24, 2.45) is 29.6 Å². The van der Waals surface area contributed by atoms with Gasteiger partial charge in [-0.05, 0) is 48.2 Å². The molecule has 4 rings (SSSR count). The zero-order valence-corrected chi connectivity index (χ0v) is 29.2. The highest BCUT2D eigenvalue weighted by Gasteiger charge is 2.71. The van der Waals surface area contributed by atoms with E-state index in [1.165, 1.54) is 42.5 Å². The van der Waals surface area contributed by atoms with Crippen molar-refractivity contribution in [2.45, 2.75) is 18.9 Å². The third kappa shape index (κ3) is 6.66. The Labute approximate surface area is 295 Å². The summed E-state index contributed by atoms with van der Waals surface area (Å²) in [6, 6.07) is 8.74. The van der Waals surface area contributed by atoms with E-state index in [0.717, 1.165) is 28.4 Å². The Morgan fingerprint density at radius 2 is 1.35 bits per heavy atom. The number of fused-ring (bicyclic) bond motifs is 2. The third-order valence-electron chi connectivity index (χ3n) is 8.61. The highest BCUT2D eigenvalue weighted by Crippen LogP contribution is 2.58. The molecule has 2 bridgehead atoms. The van der Waals surface area contributed by atoms with E-state index in [4.69, 9.17) is 70.1 Å². The number of ether oxygens (including phenoxy) is 5. The van der Waals surface area contributed by atoms with Crippen LogP contribution in [0.4, 0.5) is 0 Å². The smallest absolute Gasteiger partial charge is 0.343 e. The Kier molecular flexibility index (Phi) is 11.5. The van der Waals surface area contributed by atoms with E-state index in [1.54, 1.807) is 6.92 Å². The van der Waals surface area contributed by atoms with Crippen molar-refractivity contribution in [3.05, 3.63) is 78.9 Å². The molecule has 0 aliphatic heterocycles. The van der Waals surface area contributed by atoms with Crippen LogP contribution in [0.25, 0.3) is 11.6 Å². The Morgan fingerprint density at radius 1 is 0.792 bits per heavy atom. The van der Waals surface area contributed by atoms with Crippen molar-refractivity contribution >= 4 is 87.9 Å². The summed E-state index contributed by atoms with van der Waals surface area (Å²) < 4.78 is 25.9. The number of methoxy groups -OCH3 is 4. The molecule has 0 saturated heterocycles. The summed E-state index contributed by atoms with van der Waals surface area (Å²) in [6.45, 7) is 1.58. The van der Waals surface area contributed by atoms with E-state index in [2.05, 4.69) is 0 Å². The maximum absolute atomic E-state index is 14.3. The Balaban J connectivity index is 2.05. The fraction of sp³-hybridized carbons (Fsp3) is 0.364. The van der Waals surface area contributed by atoms with Crippen LogP contribution in [0.2, 0.25) is 20.1 Å². The lowest BCUT2D eigenvalue weighted by atomic mass is 9.50. The maximum atomic E-state index is 14.3. The lowest BCUT2D eigenvalue weighted by Crippen LogP contribution is -2.68. The molecule has 15 heteroatoms. The number of aliphatic hydroxyl groups is 1. The topological polar surface area (TPSA) is 152 Å². The summed E-state index contributed by atoms with van der Waals surface area (Å²) >= 11 is 25.1. The van der Waals surface area contributed by atoms with Crippen LogP contribution < -0.4 is 0 Å². The summed E-state index contributed by atoms with van der Waals surface area (Å²) in [5.74, 6) is -13.6. The van der Waals surface area contributed by atoms with Gasteiger partial charge < -0.3 is 28.8 Å². The van der Waals surface area contributed by atoms with E-state index >= 15 is 0 Å². The van der Waals surface area contributed by atoms with Crippen molar-refractivity contribution in [3.63, 3.8) is 0 Å². The fourth-order valence-corrected chi connectivity index (χ4v) is 7.61. The van der Waals surface area contributed by atoms with Crippen LogP contribution in [-0.2, 0) is 47.7 Å². The van der Waals surface area contributed by atoms with Gasteiger partial charge in [-0.15, -0.1) is 0 Å². The van der Waals surface area contributed by atoms with Gasteiger partial charge in [0.05, 0.1) is 56.4 Å². The van der Waals surface area contributed by atoms with Crippen LogP contribution in [0.1, 0.15) is 24.5 Å². The monoisotopic (exact) mass is 742 g/mol. The molecule has 2 aromatic rings. The summed E-state index contributed by atoms with van der Waals surface area (Å²) in [5.41, 5.74) is -2.91. The van der Waals surface area contributed by atoms with Crippen molar-refractivity contribution in [1.29, 1.82) is 0 Å². The molecule has 0 aromatic heterocycles. The predicted molar refractivity (Wildman–Crippen MR) is 175 cm³/mol. The zero-order valence-electron chi connectivity index (χ0n) is 26.2. The molecule has 1 saturated carbocycles. The number of esters is 5. The first-order chi connectivity index (χ1) is 22.6. The highest BCUT2D eigenvalue weighted by molar-refractivity contribution is 6.39. The molecular weight excluding hydrogens is 714 g/mol. The quantitative estimate of drug-likeness (QED) is 0.156. The van der Waals surface area contributed by atoms with E-state index in [0.29, 0.717) is 10.6 Å². The molecule has 2 aliphatic rings. The van der Waals surface area contributed by atoms with Gasteiger partial charge in [0.15, 0.2) is 0 Å². The summed E-state index contributed by atoms with van der Waals surface area (Å²) in [7, 11) is 4.12. The normalized spacial score (nSPS) is 25.1. The number of hydrogen-bond donors (Lipinski definition) is 1. The average Bonchev–Trinajstić information content (AvgIpc) is 3.03. The van der Waals surface area contributed by atoms with Gasteiger partial charge in [0.25, 0.3) is 0 Å². The van der Waals surface area contributed by atoms with Crippen molar-refractivity contribution in [1.82, 2.24) is 0 Å². The summed E-state index contributed by atoms with van der Waals surface area (Å²) in [5, 5.41) is 13.3. The summed E-state index contributed by atoms with van der Waals surface area (Å²) in [6.07, 6.45) is 1.24. The first-order valence-electron chi connectivity index (χ1n) is 14.3. The first kappa shape index (κ1) is 37.2. The van der Waals surface area contributed by atoms with Crippen LogP contribution in [-0.4, -0.2) is 69.0 Å². The molecule has 256 valence electrons. The first-order valence-corrected chi connectivity index (χ1v) is 15.8. The van der Waals surface area contributed by atoms with Gasteiger partial charge >= 0.3 is 29.8 Å². The van der Waals surface area contributed by atoms with Crippen molar-refractivity contribution < 1.29 is 52.8 Å². The molecule has 2 aliphatic carbocycles. The van der Waals surface area contributed by atoms with E-state index < -0.39 is 76.4 Å². The maximum Gasteiger partial charge on any atom is 0.343 e. The fourth-order valence-electron chi connectivity index (χ4n) is 6.64. The average molecular weight is 744 g/mol. The second-order valence-electron chi connectivity index (χ2n) is 11.2. The third-order valence-corrected chi connectivity index (χ3v) is 9.72. The molecule has 0 spiro atoms. The molecule has 11 nitrogen and oxygen atoms in total. The van der Waals surface area contributed by atoms with Gasteiger partial charge in [0.2, 0.25) is 0 Å². The SMILES string of the molecule is COC(=O)C1=C(OC(=O)C(=Cc2ccc(Cl)cc2Cl)c2ccc(Cl)cc2Cl)C(C(=O)OC)C2(O)C(C(=O)OC)C(C)CC1C2C(=O)OC. The molecule has 6 atom stereocenters. The van der Waals surface area contributed by atoms with E-state index in [1.807, 2.05) is 0 Å². The Morgan fingerprint density at radius 3 is 1.90 bits per heavy atom. The molecule has 0 radical (unpaired) electrons. The number of carbonyl (C=O) groups is 5. The number of benzene rings is 2. The molecule has 48 heavy (non-hydrogen) atoms. The van der Waals surface area contributed by atoms with Gasteiger partial charge in [-0.1, -0.05) is 65.5 Å². The van der Waals surface area contributed by atoms with Gasteiger partial charge in [-0.3, -0.25) is 14.4 Å². The Hall–Kier alpha value is -3.61. The molecular formula is C33H30Cl4O11. The molecule has 2 aromatic carbocycles. The predicted octanol–water partition coefficient (Wildman–Crippen LogP) is 5.58.